The predicted molar refractivity (Wildman–Crippen MR) is 72.4 cm³/mol. The number of nitrogens with one attached hydrogen (secondary N) is 1. The monoisotopic (exact) mass is 298 g/mol. The van der Waals surface area contributed by atoms with Crippen molar-refractivity contribution in [2.75, 3.05) is 0 Å². The highest BCUT2D eigenvalue weighted by Gasteiger charge is 2.34. The van der Waals surface area contributed by atoms with E-state index in [0.29, 0.717) is 17.6 Å². The van der Waals surface area contributed by atoms with Gasteiger partial charge in [0.05, 0.1) is 11.3 Å². The van der Waals surface area contributed by atoms with E-state index in [0.717, 1.165) is 11.8 Å². The van der Waals surface area contributed by atoms with Crippen molar-refractivity contribution < 1.29 is 13.2 Å². The molecule has 1 aliphatic rings. The molecule has 0 radical (unpaired) electrons. The summed E-state index contributed by atoms with van der Waals surface area (Å²) >= 11 is 1.25. The van der Waals surface area contributed by atoms with Crippen LogP contribution in [0.1, 0.15) is 24.1 Å². The molecule has 1 aromatic heterocycles. The molecule has 106 valence electrons. The summed E-state index contributed by atoms with van der Waals surface area (Å²) in [4.78, 5) is 4.31. The van der Waals surface area contributed by atoms with Crippen LogP contribution in [-0.2, 0) is 12.7 Å². The molecule has 1 N–H and O–H groups in total. The van der Waals surface area contributed by atoms with Crippen molar-refractivity contribution in [2.24, 2.45) is 0 Å². The molecule has 2 aromatic rings. The van der Waals surface area contributed by atoms with E-state index in [1.54, 1.807) is 6.07 Å². The zero-order valence-electron chi connectivity index (χ0n) is 10.6. The third kappa shape index (κ3) is 3.02. The minimum atomic E-state index is -4.35. The molecule has 6 heteroatoms. The molecule has 20 heavy (non-hydrogen) atoms. The fraction of sp³-hybridized carbons (Fsp3) is 0.357. The van der Waals surface area contributed by atoms with Gasteiger partial charge in [0.2, 0.25) is 0 Å². The van der Waals surface area contributed by atoms with E-state index in [1.807, 2.05) is 5.38 Å². The number of nitrogens with zero attached hydrogens (tertiary/aromatic N) is 1. The minimum Gasteiger partial charge on any atom is -0.308 e. The Morgan fingerprint density at radius 3 is 2.70 bits per heavy atom. The summed E-state index contributed by atoms with van der Waals surface area (Å²) in [5.74, 6) is 0. The second-order valence-electron chi connectivity index (χ2n) is 4.84. The summed E-state index contributed by atoms with van der Waals surface area (Å²) in [6.45, 7) is 0.620. The molecule has 1 fully saturated rings. The summed E-state index contributed by atoms with van der Waals surface area (Å²) in [7, 11) is 0. The van der Waals surface area contributed by atoms with Crippen LogP contribution in [0.15, 0.2) is 29.6 Å². The van der Waals surface area contributed by atoms with Gasteiger partial charge in [0, 0.05) is 23.5 Å². The van der Waals surface area contributed by atoms with Gasteiger partial charge in [0.1, 0.15) is 5.01 Å². The van der Waals surface area contributed by atoms with Gasteiger partial charge in [-0.05, 0) is 18.9 Å². The quantitative estimate of drug-likeness (QED) is 0.920. The zero-order chi connectivity index (χ0) is 14.2. The molecule has 0 bridgehead atoms. The Morgan fingerprint density at radius 1 is 1.25 bits per heavy atom. The number of benzene rings is 1. The van der Waals surface area contributed by atoms with Gasteiger partial charge in [0.25, 0.3) is 0 Å². The molecule has 0 amide bonds. The zero-order valence-corrected chi connectivity index (χ0v) is 11.4. The lowest BCUT2D eigenvalue weighted by molar-refractivity contribution is -0.137. The summed E-state index contributed by atoms with van der Waals surface area (Å²) < 4.78 is 38.9. The number of halogens is 3. The Hall–Kier alpha value is -1.40. The van der Waals surface area contributed by atoms with Gasteiger partial charge in [-0.15, -0.1) is 11.3 Å². The van der Waals surface area contributed by atoms with Crippen molar-refractivity contribution in [3.05, 3.63) is 40.9 Å². The Balaban J connectivity index is 1.85. The van der Waals surface area contributed by atoms with Crippen LogP contribution in [0.25, 0.3) is 10.6 Å². The smallest absolute Gasteiger partial charge is 0.308 e. The largest absolute Gasteiger partial charge is 0.417 e. The van der Waals surface area contributed by atoms with Crippen molar-refractivity contribution in [3.63, 3.8) is 0 Å². The Morgan fingerprint density at radius 2 is 2.00 bits per heavy atom. The minimum absolute atomic E-state index is 0.155. The average molecular weight is 298 g/mol. The van der Waals surface area contributed by atoms with Crippen LogP contribution < -0.4 is 5.32 Å². The number of alkyl halides is 3. The van der Waals surface area contributed by atoms with Gasteiger partial charge < -0.3 is 5.32 Å². The first-order chi connectivity index (χ1) is 9.54. The highest BCUT2D eigenvalue weighted by atomic mass is 32.1. The molecular formula is C14H13F3N2S. The Labute approximate surface area is 118 Å². The second-order valence-corrected chi connectivity index (χ2v) is 5.70. The molecule has 1 aliphatic carbocycles. The van der Waals surface area contributed by atoms with Crippen molar-refractivity contribution in [2.45, 2.75) is 31.6 Å². The first-order valence-corrected chi connectivity index (χ1v) is 7.26. The number of hydrogen-bond acceptors (Lipinski definition) is 3. The van der Waals surface area contributed by atoms with E-state index in [-0.39, 0.29) is 5.56 Å². The summed E-state index contributed by atoms with van der Waals surface area (Å²) in [6.07, 6.45) is -2.00. The molecule has 1 saturated carbocycles. The molecule has 0 spiro atoms. The maximum atomic E-state index is 13.0. The van der Waals surface area contributed by atoms with Gasteiger partial charge in [-0.1, -0.05) is 18.2 Å². The highest BCUT2D eigenvalue weighted by molar-refractivity contribution is 7.13. The lowest BCUT2D eigenvalue weighted by Crippen LogP contribution is -2.15. The molecule has 3 rings (SSSR count). The number of rotatable bonds is 4. The van der Waals surface area contributed by atoms with Crippen molar-refractivity contribution in [1.82, 2.24) is 10.3 Å². The second kappa shape index (κ2) is 5.18. The van der Waals surface area contributed by atoms with Crippen LogP contribution in [0.5, 0.6) is 0 Å². The SMILES string of the molecule is FC(F)(F)c1ccccc1-c1nc(CNC2CC2)cs1. The summed E-state index contributed by atoms with van der Waals surface area (Å²) in [5.41, 5.74) is 0.326. The lowest BCUT2D eigenvalue weighted by atomic mass is 10.1. The molecule has 0 aliphatic heterocycles. The number of hydrogen-bond donors (Lipinski definition) is 1. The Kier molecular flexibility index (Phi) is 3.52. The molecule has 0 unspecified atom stereocenters. The molecule has 1 aromatic carbocycles. The fourth-order valence-electron chi connectivity index (χ4n) is 1.97. The number of aromatic nitrogens is 1. The van der Waals surface area contributed by atoms with Crippen LogP contribution in [0.3, 0.4) is 0 Å². The first kappa shape index (κ1) is 13.6. The third-order valence-corrected chi connectivity index (χ3v) is 4.09. The lowest BCUT2D eigenvalue weighted by Gasteiger charge is -2.10. The van der Waals surface area contributed by atoms with Crippen molar-refractivity contribution in [1.29, 1.82) is 0 Å². The number of thiazole rings is 1. The third-order valence-electron chi connectivity index (χ3n) is 3.16. The first-order valence-electron chi connectivity index (χ1n) is 6.38. The molecule has 0 atom stereocenters. The normalized spacial score (nSPS) is 15.6. The van der Waals surface area contributed by atoms with Gasteiger partial charge in [-0.3, -0.25) is 0 Å². The van der Waals surface area contributed by atoms with Gasteiger partial charge in [0.15, 0.2) is 0 Å². The molecule has 0 saturated heterocycles. The standard InChI is InChI=1S/C14H13F3N2S/c15-14(16,17)12-4-2-1-3-11(12)13-19-10(8-20-13)7-18-9-5-6-9/h1-4,8-9,18H,5-7H2. The van der Waals surface area contributed by atoms with Crippen LogP contribution >= 0.6 is 11.3 Å². The fourth-order valence-corrected chi connectivity index (χ4v) is 2.82. The maximum absolute atomic E-state index is 13.0. The van der Waals surface area contributed by atoms with E-state index in [1.165, 1.54) is 36.3 Å². The van der Waals surface area contributed by atoms with Crippen molar-refractivity contribution >= 4 is 11.3 Å². The predicted octanol–water partition coefficient (Wildman–Crippen LogP) is 4.08. The van der Waals surface area contributed by atoms with Crippen LogP contribution in [0.2, 0.25) is 0 Å². The topological polar surface area (TPSA) is 24.9 Å². The van der Waals surface area contributed by atoms with Gasteiger partial charge in [-0.2, -0.15) is 13.2 Å². The van der Waals surface area contributed by atoms with E-state index in [9.17, 15) is 13.2 Å². The summed E-state index contributed by atoms with van der Waals surface area (Å²) in [5, 5.41) is 5.54. The molecular weight excluding hydrogens is 285 g/mol. The van der Waals surface area contributed by atoms with E-state index in [4.69, 9.17) is 0 Å². The Bertz CT molecular complexity index is 602. The summed E-state index contributed by atoms with van der Waals surface area (Å²) in [6, 6.07) is 6.13. The van der Waals surface area contributed by atoms with Gasteiger partial charge >= 0.3 is 6.18 Å². The highest BCUT2D eigenvalue weighted by Crippen LogP contribution is 2.37. The van der Waals surface area contributed by atoms with E-state index in [2.05, 4.69) is 10.3 Å². The average Bonchev–Trinajstić information content (AvgIpc) is 3.12. The molecule has 1 heterocycles. The van der Waals surface area contributed by atoms with Gasteiger partial charge in [-0.25, -0.2) is 4.98 Å². The van der Waals surface area contributed by atoms with E-state index >= 15 is 0 Å². The van der Waals surface area contributed by atoms with Crippen LogP contribution in [-0.4, -0.2) is 11.0 Å². The van der Waals surface area contributed by atoms with Crippen LogP contribution in [0, 0.1) is 0 Å². The van der Waals surface area contributed by atoms with E-state index < -0.39 is 11.7 Å². The van der Waals surface area contributed by atoms with Crippen LogP contribution in [0.4, 0.5) is 13.2 Å². The van der Waals surface area contributed by atoms with Crippen molar-refractivity contribution in [3.8, 4) is 10.6 Å². The molecule has 2 nitrogen and oxygen atoms in total. The maximum Gasteiger partial charge on any atom is 0.417 e.